The van der Waals surface area contributed by atoms with Crippen LogP contribution in [0.2, 0.25) is 19.6 Å². The molecule has 0 saturated heterocycles. The molecule has 12 heavy (non-hydrogen) atoms. The van der Waals surface area contributed by atoms with Crippen molar-refractivity contribution in [3.05, 3.63) is 22.6 Å². The van der Waals surface area contributed by atoms with E-state index >= 15 is 0 Å². The average Bonchev–Trinajstić information content (AvgIpc) is 2.29. The molecular weight excluding hydrogens is 232 g/mol. The van der Waals surface area contributed by atoms with E-state index in [1.54, 1.807) is 12.5 Å². The van der Waals surface area contributed by atoms with Gasteiger partial charge in [0.15, 0.2) is 0 Å². The lowest BCUT2D eigenvalue weighted by molar-refractivity contribution is 0.565. The molecule has 3 heteroatoms. The van der Waals surface area contributed by atoms with Gasteiger partial charge in [-0.2, -0.15) is 0 Å². The summed E-state index contributed by atoms with van der Waals surface area (Å²) in [5.41, 5.74) is 4.21. The largest absolute Gasteiger partial charge is 0.470 e. The summed E-state index contributed by atoms with van der Waals surface area (Å²) in [7, 11) is -1.26. The van der Waals surface area contributed by atoms with Crippen molar-refractivity contribution in [3.63, 3.8) is 0 Å². The van der Waals surface area contributed by atoms with Gasteiger partial charge in [0.1, 0.15) is 20.6 Å². The molecule has 0 bridgehead atoms. The summed E-state index contributed by atoms with van der Waals surface area (Å²) in [6.07, 6.45) is 3.31. The van der Waals surface area contributed by atoms with Crippen LogP contribution in [0.15, 0.2) is 21.4 Å². The minimum absolute atomic E-state index is 0.938. The number of furan rings is 1. The molecule has 0 spiro atoms. The predicted octanol–water partition coefficient (Wildman–Crippen LogP) is 3.27. The topological polar surface area (TPSA) is 13.1 Å². The van der Waals surface area contributed by atoms with E-state index in [1.807, 2.05) is 0 Å². The highest BCUT2D eigenvalue weighted by molar-refractivity contribution is 9.10. The molecule has 0 radical (unpaired) electrons. The summed E-state index contributed by atoms with van der Waals surface area (Å²) in [6.45, 7) is 6.65. The lowest BCUT2D eigenvalue weighted by Gasteiger charge is -2.02. The van der Waals surface area contributed by atoms with Crippen molar-refractivity contribution in [2.24, 2.45) is 0 Å². The van der Waals surface area contributed by atoms with Gasteiger partial charge in [-0.05, 0) is 15.9 Å². The van der Waals surface area contributed by atoms with E-state index in [4.69, 9.17) is 4.42 Å². The Labute approximate surface area is 82.3 Å². The minimum atomic E-state index is -1.26. The van der Waals surface area contributed by atoms with Crippen LogP contribution in [-0.4, -0.2) is 8.07 Å². The molecule has 1 aromatic heterocycles. The van der Waals surface area contributed by atoms with Gasteiger partial charge in [0.05, 0.1) is 10.0 Å². The second-order valence-corrected chi connectivity index (χ2v) is 9.24. The number of hydrogen-bond donors (Lipinski definition) is 0. The van der Waals surface area contributed by atoms with Crippen LogP contribution in [-0.2, 0) is 0 Å². The third-order valence-electron chi connectivity index (χ3n) is 1.19. The van der Waals surface area contributed by atoms with Crippen molar-refractivity contribution < 1.29 is 4.42 Å². The van der Waals surface area contributed by atoms with Gasteiger partial charge in [-0.1, -0.05) is 25.6 Å². The monoisotopic (exact) mass is 242 g/mol. The van der Waals surface area contributed by atoms with Crippen LogP contribution >= 0.6 is 15.9 Å². The van der Waals surface area contributed by atoms with Crippen molar-refractivity contribution in [3.8, 4) is 11.5 Å². The first-order valence-electron chi connectivity index (χ1n) is 3.74. The van der Waals surface area contributed by atoms with Crippen LogP contribution in [0.3, 0.4) is 0 Å². The summed E-state index contributed by atoms with van der Waals surface area (Å²) in [5.74, 6) is 3.10. The molecule has 1 rings (SSSR count). The second-order valence-electron chi connectivity index (χ2n) is 3.63. The van der Waals surface area contributed by atoms with Gasteiger partial charge in [0, 0.05) is 0 Å². The van der Waals surface area contributed by atoms with Crippen molar-refractivity contribution in [1.82, 2.24) is 0 Å². The molecule has 64 valence electrons. The molecule has 0 fully saturated rings. The summed E-state index contributed by atoms with van der Waals surface area (Å²) >= 11 is 3.35. The fourth-order valence-corrected chi connectivity index (χ4v) is 1.44. The SMILES string of the molecule is C[Si](C)(C)C#Cc1cocc1Br. The predicted molar refractivity (Wildman–Crippen MR) is 56.6 cm³/mol. The molecular formula is C9H11BrOSi. The first kappa shape index (κ1) is 9.62. The smallest absolute Gasteiger partial charge is 0.129 e. The zero-order valence-corrected chi connectivity index (χ0v) is 10.0. The minimum Gasteiger partial charge on any atom is -0.470 e. The standard InChI is InChI=1S/C9H11BrOSi/c1-12(2,3)5-4-8-6-11-7-9(8)10/h6-7H,1-3H3. The van der Waals surface area contributed by atoms with E-state index in [0.29, 0.717) is 0 Å². The van der Waals surface area contributed by atoms with Crippen LogP contribution in [0.1, 0.15) is 5.56 Å². The Hall–Kier alpha value is -0.463. The fourth-order valence-electron chi connectivity index (χ4n) is 0.626. The van der Waals surface area contributed by atoms with Crippen molar-refractivity contribution in [2.45, 2.75) is 19.6 Å². The lowest BCUT2D eigenvalue weighted by atomic mass is 10.4. The number of halogens is 1. The molecule has 1 nitrogen and oxygen atoms in total. The van der Waals surface area contributed by atoms with Crippen LogP contribution in [0.25, 0.3) is 0 Å². The van der Waals surface area contributed by atoms with E-state index in [9.17, 15) is 0 Å². The number of hydrogen-bond acceptors (Lipinski definition) is 1. The molecule has 0 aliphatic carbocycles. The van der Waals surface area contributed by atoms with Crippen molar-refractivity contribution >= 4 is 24.0 Å². The maximum absolute atomic E-state index is 4.98. The van der Waals surface area contributed by atoms with E-state index < -0.39 is 8.07 Å². The highest BCUT2D eigenvalue weighted by atomic mass is 79.9. The lowest BCUT2D eigenvalue weighted by Crippen LogP contribution is -2.16. The Kier molecular flexibility index (Phi) is 2.81. The summed E-state index contributed by atoms with van der Waals surface area (Å²) < 4.78 is 5.91. The van der Waals surface area contributed by atoms with Gasteiger partial charge in [-0.25, -0.2) is 0 Å². The molecule has 0 saturated carbocycles. The highest BCUT2D eigenvalue weighted by Gasteiger charge is 2.08. The molecule has 1 aromatic rings. The molecule has 0 aliphatic rings. The van der Waals surface area contributed by atoms with Crippen LogP contribution in [0.5, 0.6) is 0 Å². The average molecular weight is 243 g/mol. The highest BCUT2D eigenvalue weighted by Crippen LogP contribution is 2.16. The fraction of sp³-hybridized carbons (Fsp3) is 0.333. The molecule has 0 aromatic carbocycles. The molecule has 0 aliphatic heterocycles. The van der Waals surface area contributed by atoms with Crippen LogP contribution in [0.4, 0.5) is 0 Å². The Morgan fingerprint density at radius 3 is 2.42 bits per heavy atom. The van der Waals surface area contributed by atoms with Gasteiger partial charge in [0.25, 0.3) is 0 Å². The first-order chi connectivity index (χ1) is 5.49. The maximum atomic E-state index is 4.98. The third kappa shape index (κ3) is 2.88. The van der Waals surface area contributed by atoms with Gasteiger partial charge >= 0.3 is 0 Å². The van der Waals surface area contributed by atoms with Gasteiger partial charge < -0.3 is 4.42 Å². The molecule has 0 N–H and O–H groups in total. The normalized spacial score (nSPS) is 10.7. The summed E-state index contributed by atoms with van der Waals surface area (Å²) in [4.78, 5) is 0. The Morgan fingerprint density at radius 2 is 2.00 bits per heavy atom. The molecule has 0 atom stereocenters. The second kappa shape index (κ2) is 3.50. The zero-order chi connectivity index (χ0) is 9.19. The summed E-state index contributed by atoms with van der Waals surface area (Å²) in [5, 5.41) is 0. The van der Waals surface area contributed by atoms with E-state index in [-0.39, 0.29) is 0 Å². The van der Waals surface area contributed by atoms with Gasteiger partial charge in [-0.3, -0.25) is 0 Å². The van der Waals surface area contributed by atoms with E-state index in [1.165, 1.54) is 0 Å². The Morgan fingerprint density at radius 1 is 1.33 bits per heavy atom. The van der Waals surface area contributed by atoms with Crippen LogP contribution < -0.4 is 0 Å². The van der Waals surface area contributed by atoms with E-state index in [0.717, 1.165) is 10.0 Å². The zero-order valence-electron chi connectivity index (χ0n) is 7.44. The Bertz CT molecular complexity index is 324. The Balaban J connectivity index is 2.87. The summed E-state index contributed by atoms with van der Waals surface area (Å²) in [6, 6.07) is 0. The molecule has 0 unspecified atom stereocenters. The third-order valence-corrected chi connectivity index (χ3v) is 2.68. The van der Waals surface area contributed by atoms with Crippen molar-refractivity contribution in [1.29, 1.82) is 0 Å². The van der Waals surface area contributed by atoms with Gasteiger partial charge in [-0.15, -0.1) is 5.54 Å². The van der Waals surface area contributed by atoms with Crippen molar-refractivity contribution in [2.75, 3.05) is 0 Å². The van der Waals surface area contributed by atoms with E-state index in [2.05, 4.69) is 47.0 Å². The van der Waals surface area contributed by atoms with Crippen LogP contribution in [0, 0.1) is 11.5 Å². The number of rotatable bonds is 0. The molecule has 0 amide bonds. The molecule has 1 heterocycles. The first-order valence-corrected chi connectivity index (χ1v) is 8.03. The quantitative estimate of drug-likeness (QED) is 0.503. The van der Waals surface area contributed by atoms with Gasteiger partial charge in [0.2, 0.25) is 0 Å². The maximum Gasteiger partial charge on any atom is 0.129 e.